The Balaban J connectivity index is 2.21. The number of anilines is 1. The highest BCUT2D eigenvalue weighted by Crippen LogP contribution is 2.24. The van der Waals surface area contributed by atoms with Gasteiger partial charge in [0.05, 0.1) is 12.4 Å². The lowest BCUT2D eigenvalue weighted by Crippen LogP contribution is -2.43. The third-order valence-corrected chi connectivity index (χ3v) is 3.03. The summed E-state index contributed by atoms with van der Waals surface area (Å²) >= 11 is 0. The molecule has 0 aromatic carbocycles. The molecule has 1 aromatic rings. The van der Waals surface area contributed by atoms with Crippen LogP contribution in [0.25, 0.3) is 0 Å². The van der Waals surface area contributed by atoms with Crippen LogP contribution in [0.3, 0.4) is 0 Å². The predicted molar refractivity (Wildman–Crippen MR) is 65.8 cm³/mol. The SMILES string of the molecule is CN(C)C(=O)C1CCCN1c1cnc(C#N)cn1. The molecule has 1 saturated heterocycles. The number of nitrogens with zero attached hydrogens (tertiary/aromatic N) is 5. The van der Waals surface area contributed by atoms with Crippen molar-refractivity contribution in [2.45, 2.75) is 18.9 Å². The Hall–Kier alpha value is -2.16. The molecule has 18 heavy (non-hydrogen) atoms. The Morgan fingerprint density at radius 3 is 2.83 bits per heavy atom. The Morgan fingerprint density at radius 1 is 1.50 bits per heavy atom. The Labute approximate surface area is 106 Å². The molecule has 1 amide bonds. The Morgan fingerprint density at radius 2 is 2.28 bits per heavy atom. The van der Waals surface area contributed by atoms with E-state index in [1.165, 1.54) is 6.20 Å². The zero-order chi connectivity index (χ0) is 13.1. The zero-order valence-electron chi connectivity index (χ0n) is 10.5. The smallest absolute Gasteiger partial charge is 0.244 e. The Bertz CT molecular complexity index is 476. The minimum Gasteiger partial charge on any atom is -0.347 e. The summed E-state index contributed by atoms with van der Waals surface area (Å²) in [6.07, 6.45) is 4.79. The molecule has 0 N–H and O–H groups in total. The highest BCUT2D eigenvalue weighted by molar-refractivity contribution is 5.85. The molecule has 1 fully saturated rings. The second kappa shape index (κ2) is 5.00. The molecule has 0 aliphatic carbocycles. The van der Waals surface area contributed by atoms with E-state index in [4.69, 9.17) is 5.26 Å². The fraction of sp³-hybridized carbons (Fsp3) is 0.500. The van der Waals surface area contributed by atoms with E-state index in [0.29, 0.717) is 5.82 Å². The first-order valence-corrected chi connectivity index (χ1v) is 5.83. The van der Waals surface area contributed by atoms with Crippen LogP contribution in [-0.4, -0.2) is 47.5 Å². The monoisotopic (exact) mass is 245 g/mol. The number of amides is 1. The van der Waals surface area contributed by atoms with Gasteiger partial charge in [-0.1, -0.05) is 0 Å². The van der Waals surface area contributed by atoms with Crippen molar-refractivity contribution in [3.8, 4) is 6.07 Å². The lowest BCUT2D eigenvalue weighted by atomic mass is 10.2. The minimum atomic E-state index is -0.165. The van der Waals surface area contributed by atoms with Gasteiger partial charge >= 0.3 is 0 Å². The summed E-state index contributed by atoms with van der Waals surface area (Å²) in [5.41, 5.74) is 0.286. The van der Waals surface area contributed by atoms with Gasteiger partial charge in [0.1, 0.15) is 17.9 Å². The number of hydrogen-bond acceptors (Lipinski definition) is 5. The molecular formula is C12H15N5O. The number of carbonyl (C=O) groups excluding carboxylic acids is 1. The van der Waals surface area contributed by atoms with Crippen LogP contribution in [0.2, 0.25) is 0 Å². The highest BCUT2D eigenvalue weighted by atomic mass is 16.2. The van der Waals surface area contributed by atoms with E-state index in [-0.39, 0.29) is 17.6 Å². The molecule has 0 bridgehead atoms. The molecule has 94 valence electrons. The van der Waals surface area contributed by atoms with Gasteiger partial charge < -0.3 is 9.80 Å². The first kappa shape index (κ1) is 12.3. The maximum atomic E-state index is 12.0. The van der Waals surface area contributed by atoms with E-state index in [1.54, 1.807) is 25.2 Å². The molecule has 6 heteroatoms. The summed E-state index contributed by atoms with van der Waals surface area (Å²) < 4.78 is 0. The van der Waals surface area contributed by atoms with E-state index in [1.807, 2.05) is 11.0 Å². The van der Waals surface area contributed by atoms with Crippen LogP contribution in [0.5, 0.6) is 0 Å². The average Bonchev–Trinajstić information content (AvgIpc) is 2.87. The normalized spacial score (nSPS) is 18.5. The van der Waals surface area contributed by atoms with Crippen molar-refractivity contribution in [2.24, 2.45) is 0 Å². The summed E-state index contributed by atoms with van der Waals surface area (Å²) in [4.78, 5) is 23.8. The number of hydrogen-bond donors (Lipinski definition) is 0. The van der Waals surface area contributed by atoms with Crippen molar-refractivity contribution in [1.82, 2.24) is 14.9 Å². The van der Waals surface area contributed by atoms with Crippen molar-refractivity contribution in [3.05, 3.63) is 18.1 Å². The third-order valence-electron chi connectivity index (χ3n) is 3.03. The first-order chi connectivity index (χ1) is 8.63. The lowest BCUT2D eigenvalue weighted by molar-refractivity contribution is -0.129. The molecule has 1 atom stereocenters. The van der Waals surface area contributed by atoms with Crippen LogP contribution in [0.1, 0.15) is 18.5 Å². The van der Waals surface area contributed by atoms with Gasteiger partial charge in [-0.25, -0.2) is 9.97 Å². The van der Waals surface area contributed by atoms with Gasteiger partial charge in [-0.05, 0) is 12.8 Å². The fourth-order valence-corrected chi connectivity index (χ4v) is 2.12. The summed E-state index contributed by atoms with van der Waals surface area (Å²) in [5, 5.41) is 8.68. The van der Waals surface area contributed by atoms with Crippen molar-refractivity contribution < 1.29 is 4.79 Å². The number of aromatic nitrogens is 2. The van der Waals surface area contributed by atoms with Crippen molar-refractivity contribution >= 4 is 11.7 Å². The zero-order valence-corrected chi connectivity index (χ0v) is 10.5. The molecular weight excluding hydrogens is 230 g/mol. The summed E-state index contributed by atoms with van der Waals surface area (Å²) in [6, 6.07) is 1.77. The Kier molecular flexibility index (Phi) is 3.42. The van der Waals surface area contributed by atoms with Gasteiger partial charge in [-0.3, -0.25) is 4.79 Å². The molecule has 6 nitrogen and oxygen atoms in total. The average molecular weight is 245 g/mol. The first-order valence-electron chi connectivity index (χ1n) is 5.83. The van der Waals surface area contributed by atoms with Crippen LogP contribution in [0, 0.1) is 11.3 Å². The molecule has 0 saturated carbocycles. The van der Waals surface area contributed by atoms with E-state index in [9.17, 15) is 4.79 Å². The van der Waals surface area contributed by atoms with Gasteiger partial charge in [0.2, 0.25) is 5.91 Å². The van der Waals surface area contributed by atoms with Crippen LogP contribution in [-0.2, 0) is 4.79 Å². The van der Waals surface area contributed by atoms with Gasteiger partial charge in [-0.15, -0.1) is 0 Å². The lowest BCUT2D eigenvalue weighted by Gasteiger charge is -2.26. The largest absolute Gasteiger partial charge is 0.347 e. The molecule has 2 rings (SSSR count). The van der Waals surface area contributed by atoms with E-state index in [2.05, 4.69) is 9.97 Å². The van der Waals surface area contributed by atoms with Gasteiger partial charge in [-0.2, -0.15) is 5.26 Å². The number of nitriles is 1. The third kappa shape index (κ3) is 2.25. The summed E-state index contributed by atoms with van der Waals surface area (Å²) in [6.45, 7) is 0.796. The molecule has 2 heterocycles. The van der Waals surface area contributed by atoms with Crippen LogP contribution >= 0.6 is 0 Å². The van der Waals surface area contributed by atoms with Crippen LogP contribution < -0.4 is 4.90 Å². The number of rotatable bonds is 2. The van der Waals surface area contributed by atoms with Gasteiger partial charge in [0.25, 0.3) is 0 Å². The quantitative estimate of drug-likeness (QED) is 0.754. The predicted octanol–water partition coefficient (Wildman–Crippen LogP) is 0.405. The fourth-order valence-electron chi connectivity index (χ4n) is 2.12. The minimum absolute atomic E-state index is 0.0821. The second-order valence-electron chi connectivity index (χ2n) is 4.46. The topological polar surface area (TPSA) is 73.1 Å². The number of carbonyl (C=O) groups is 1. The van der Waals surface area contributed by atoms with Crippen molar-refractivity contribution in [1.29, 1.82) is 5.26 Å². The molecule has 1 unspecified atom stereocenters. The highest BCUT2D eigenvalue weighted by Gasteiger charge is 2.32. The van der Waals surface area contributed by atoms with E-state index >= 15 is 0 Å². The molecule has 0 spiro atoms. The van der Waals surface area contributed by atoms with E-state index in [0.717, 1.165) is 19.4 Å². The van der Waals surface area contributed by atoms with Gasteiger partial charge in [0.15, 0.2) is 5.69 Å². The second-order valence-corrected chi connectivity index (χ2v) is 4.46. The standard InChI is InChI=1S/C12H15N5O/c1-16(2)12(18)10-4-3-5-17(10)11-8-14-9(6-13)7-15-11/h7-8,10H,3-5H2,1-2H3. The molecule has 1 aliphatic rings. The van der Waals surface area contributed by atoms with E-state index < -0.39 is 0 Å². The molecule has 1 aromatic heterocycles. The van der Waals surface area contributed by atoms with Crippen molar-refractivity contribution in [2.75, 3.05) is 25.5 Å². The van der Waals surface area contributed by atoms with Crippen molar-refractivity contribution in [3.63, 3.8) is 0 Å². The van der Waals surface area contributed by atoms with Crippen LogP contribution in [0.15, 0.2) is 12.4 Å². The summed E-state index contributed by atoms with van der Waals surface area (Å²) in [7, 11) is 3.51. The molecule has 0 radical (unpaired) electrons. The van der Waals surface area contributed by atoms with Crippen LogP contribution in [0.4, 0.5) is 5.82 Å². The maximum Gasteiger partial charge on any atom is 0.244 e. The van der Waals surface area contributed by atoms with Gasteiger partial charge in [0, 0.05) is 20.6 Å². The molecule has 1 aliphatic heterocycles. The maximum absolute atomic E-state index is 12.0. The number of likely N-dealkylation sites (N-methyl/N-ethyl adjacent to an activating group) is 1. The summed E-state index contributed by atoms with van der Waals surface area (Å²) in [5.74, 6) is 0.741.